The van der Waals surface area contributed by atoms with E-state index in [0.717, 1.165) is 0 Å². The van der Waals surface area contributed by atoms with Gasteiger partial charge in [0.05, 0.1) is 5.54 Å². The van der Waals surface area contributed by atoms with Gasteiger partial charge in [-0.15, -0.1) is 0 Å². The van der Waals surface area contributed by atoms with E-state index in [4.69, 9.17) is 23.3 Å². The smallest absolute Gasteiger partial charge is 0.368 e. The predicted octanol–water partition coefficient (Wildman–Crippen LogP) is -1.18. The van der Waals surface area contributed by atoms with E-state index in [1.807, 2.05) is 0 Å². The van der Waals surface area contributed by atoms with Crippen LogP contribution in [0.2, 0.25) is 0 Å². The number of likely N-dealkylation sites (N-methyl/N-ethyl adjacent to an activating group) is 1. The van der Waals surface area contributed by atoms with Gasteiger partial charge in [-0.3, -0.25) is 13.9 Å². The molecule has 5 N–H and O–H groups in total. The Hall–Kier alpha value is -0.700. The molecule has 0 rings (SSSR count). The molecule has 0 bridgehead atoms. The van der Waals surface area contributed by atoms with E-state index in [2.05, 4.69) is 5.32 Å². The average molecular weight is 214 g/mol. The summed E-state index contributed by atoms with van der Waals surface area (Å²) in [5, 5.41) is 2.77. The Morgan fingerprint density at radius 3 is 1.62 bits per heavy atom. The molecule has 0 saturated carbocycles. The number of hydrogen-bond donors (Lipinski definition) is 4. The highest BCUT2D eigenvalue weighted by molar-refractivity contribution is 7.79. The second-order valence-electron chi connectivity index (χ2n) is 2.69. The van der Waals surface area contributed by atoms with Crippen LogP contribution in [0.4, 0.5) is 0 Å². The maximum absolute atomic E-state index is 10.4. The van der Waals surface area contributed by atoms with Crippen LogP contribution in [0.3, 0.4) is 0 Å². The van der Waals surface area contributed by atoms with Crippen LogP contribution in [-0.2, 0) is 15.2 Å². The third-order valence-electron chi connectivity index (χ3n) is 1.24. The Morgan fingerprint density at radius 2 is 1.62 bits per heavy atom. The quantitative estimate of drug-likeness (QED) is 0.428. The van der Waals surface area contributed by atoms with E-state index >= 15 is 0 Å². The molecule has 0 atom stereocenters. The number of carbonyl (C=O) groups is 1. The van der Waals surface area contributed by atoms with Crippen LogP contribution in [-0.4, -0.2) is 36.0 Å². The highest BCUT2D eigenvalue weighted by atomic mass is 32.3. The van der Waals surface area contributed by atoms with Crippen molar-refractivity contribution in [1.29, 1.82) is 0 Å². The van der Waals surface area contributed by atoms with Gasteiger partial charge >= 0.3 is 10.4 Å². The second kappa shape index (κ2) is 5.12. The monoisotopic (exact) mass is 214 g/mol. The Balaban J connectivity index is 0. The number of nitrogens with one attached hydrogen (secondary N) is 1. The summed E-state index contributed by atoms with van der Waals surface area (Å²) < 4.78 is 31.6. The third kappa shape index (κ3) is 14.2. The van der Waals surface area contributed by atoms with Gasteiger partial charge in [-0.1, -0.05) is 0 Å². The zero-order chi connectivity index (χ0) is 11.3. The van der Waals surface area contributed by atoms with Gasteiger partial charge in [-0.05, 0) is 20.9 Å². The molecular formula is C5H14N2O5S. The van der Waals surface area contributed by atoms with E-state index in [1.54, 1.807) is 20.9 Å². The molecule has 13 heavy (non-hydrogen) atoms. The van der Waals surface area contributed by atoms with Crippen LogP contribution in [0.25, 0.3) is 0 Å². The Labute approximate surface area is 76.9 Å². The van der Waals surface area contributed by atoms with Crippen molar-refractivity contribution in [1.82, 2.24) is 5.32 Å². The summed E-state index contributed by atoms with van der Waals surface area (Å²) in [6, 6.07) is 0. The molecule has 0 fully saturated rings. The SMILES string of the molecule is CNC(C)(C)C(N)=O.O=S(=O)(O)O. The van der Waals surface area contributed by atoms with Crippen LogP contribution in [0.1, 0.15) is 13.8 Å². The van der Waals surface area contributed by atoms with Gasteiger partial charge < -0.3 is 11.1 Å². The number of carbonyl (C=O) groups excluding carboxylic acids is 1. The largest absolute Gasteiger partial charge is 0.394 e. The first-order valence-electron chi connectivity index (χ1n) is 3.19. The molecule has 0 radical (unpaired) electrons. The summed E-state index contributed by atoms with van der Waals surface area (Å²) in [6.07, 6.45) is 0. The second-order valence-corrected chi connectivity index (χ2v) is 3.58. The topological polar surface area (TPSA) is 130 Å². The highest BCUT2D eigenvalue weighted by Gasteiger charge is 2.20. The fourth-order valence-corrected chi connectivity index (χ4v) is 0.123. The van der Waals surface area contributed by atoms with Gasteiger partial charge in [0.15, 0.2) is 0 Å². The van der Waals surface area contributed by atoms with Gasteiger partial charge in [0, 0.05) is 0 Å². The van der Waals surface area contributed by atoms with Crippen molar-refractivity contribution in [2.75, 3.05) is 7.05 Å². The maximum atomic E-state index is 10.4. The van der Waals surface area contributed by atoms with Gasteiger partial charge in [0.2, 0.25) is 5.91 Å². The van der Waals surface area contributed by atoms with Crippen molar-refractivity contribution in [3.05, 3.63) is 0 Å². The van der Waals surface area contributed by atoms with E-state index < -0.39 is 15.9 Å². The molecule has 0 saturated heterocycles. The van der Waals surface area contributed by atoms with Gasteiger partial charge in [-0.25, -0.2) is 0 Å². The highest BCUT2D eigenvalue weighted by Crippen LogP contribution is 1.96. The summed E-state index contributed by atoms with van der Waals surface area (Å²) in [7, 11) is -2.97. The van der Waals surface area contributed by atoms with E-state index in [0.29, 0.717) is 0 Å². The maximum Gasteiger partial charge on any atom is 0.394 e. The third-order valence-corrected chi connectivity index (χ3v) is 1.24. The molecule has 0 aliphatic heterocycles. The minimum atomic E-state index is -4.67. The predicted molar refractivity (Wildman–Crippen MR) is 46.5 cm³/mol. The molecule has 0 aromatic heterocycles. The van der Waals surface area contributed by atoms with Gasteiger partial charge in [0.1, 0.15) is 0 Å². The lowest BCUT2D eigenvalue weighted by Crippen LogP contribution is -2.48. The molecule has 7 nitrogen and oxygen atoms in total. The standard InChI is InChI=1S/C5H12N2O.H2O4S/c1-5(2,7-3)4(6)8;1-5(2,3)4/h7H,1-3H3,(H2,6,8);(H2,1,2,3,4). The minimum Gasteiger partial charge on any atom is -0.368 e. The van der Waals surface area contributed by atoms with Crippen molar-refractivity contribution in [2.45, 2.75) is 19.4 Å². The summed E-state index contributed by atoms with van der Waals surface area (Å²) in [4.78, 5) is 10.4. The average Bonchev–Trinajstić information content (AvgIpc) is 1.83. The number of primary amides is 1. The first-order valence-corrected chi connectivity index (χ1v) is 4.59. The van der Waals surface area contributed by atoms with Crippen molar-refractivity contribution in [2.24, 2.45) is 5.73 Å². The fourth-order valence-electron chi connectivity index (χ4n) is 0.123. The van der Waals surface area contributed by atoms with E-state index in [1.165, 1.54) is 0 Å². The van der Waals surface area contributed by atoms with Crippen molar-refractivity contribution < 1.29 is 22.3 Å². The molecule has 8 heteroatoms. The summed E-state index contributed by atoms with van der Waals surface area (Å²) in [6.45, 7) is 3.46. The Kier molecular flexibility index (Phi) is 5.83. The normalized spacial score (nSPS) is 11.5. The summed E-state index contributed by atoms with van der Waals surface area (Å²) >= 11 is 0. The number of nitrogens with two attached hydrogens (primary N) is 1. The lowest BCUT2D eigenvalue weighted by molar-refractivity contribution is -0.122. The van der Waals surface area contributed by atoms with Crippen molar-refractivity contribution in [3.8, 4) is 0 Å². The van der Waals surface area contributed by atoms with Gasteiger partial charge in [-0.2, -0.15) is 8.42 Å². The van der Waals surface area contributed by atoms with E-state index in [-0.39, 0.29) is 5.91 Å². The lowest BCUT2D eigenvalue weighted by Gasteiger charge is -2.18. The Morgan fingerprint density at radius 1 is 1.38 bits per heavy atom. The van der Waals surface area contributed by atoms with Crippen molar-refractivity contribution >= 4 is 16.3 Å². The van der Waals surface area contributed by atoms with Crippen LogP contribution in [0.5, 0.6) is 0 Å². The molecule has 1 amide bonds. The van der Waals surface area contributed by atoms with Crippen LogP contribution in [0.15, 0.2) is 0 Å². The summed E-state index contributed by atoms with van der Waals surface area (Å²) in [5.74, 6) is -0.333. The zero-order valence-corrected chi connectivity index (χ0v) is 8.42. The van der Waals surface area contributed by atoms with Crippen molar-refractivity contribution in [3.63, 3.8) is 0 Å². The Bertz CT molecular complexity index is 250. The minimum absolute atomic E-state index is 0.333. The van der Waals surface area contributed by atoms with Crippen LogP contribution >= 0.6 is 0 Å². The first kappa shape index (κ1) is 14.8. The summed E-state index contributed by atoms with van der Waals surface area (Å²) in [5.41, 5.74) is 4.41. The molecular weight excluding hydrogens is 200 g/mol. The van der Waals surface area contributed by atoms with Crippen LogP contribution in [0, 0.1) is 0 Å². The zero-order valence-electron chi connectivity index (χ0n) is 7.60. The lowest BCUT2D eigenvalue weighted by atomic mass is 10.1. The van der Waals surface area contributed by atoms with Crippen LogP contribution < -0.4 is 11.1 Å². The van der Waals surface area contributed by atoms with E-state index in [9.17, 15) is 4.79 Å². The molecule has 0 aromatic rings. The molecule has 0 spiro atoms. The number of amides is 1. The number of rotatable bonds is 2. The molecule has 0 unspecified atom stereocenters. The fraction of sp³-hybridized carbons (Fsp3) is 0.800. The number of hydrogen-bond acceptors (Lipinski definition) is 4. The molecule has 80 valence electrons. The molecule has 0 aromatic carbocycles. The molecule has 0 aliphatic carbocycles. The molecule has 0 aliphatic rings. The molecule has 0 heterocycles. The first-order chi connectivity index (χ1) is 5.50. The van der Waals surface area contributed by atoms with Gasteiger partial charge in [0.25, 0.3) is 0 Å².